The smallest absolute Gasteiger partial charge is 0.466 e. The third kappa shape index (κ3) is 22.5. The monoisotopic (exact) mass is 1510 g/mol. The number of aromatic nitrogens is 15. The third-order valence-electron chi connectivity index (χ3n) is 13.4. The molecule has 0 unspecified atom stereocenters. The van der Waals surface area contributed by atoms with Gasteiger partial charge in [-0.2, -0.15) is 94.7 Å². The highest BCUT2D eigenvalue weighted by molar-refractivity contribution is 6.62. The quantitative estimate of drug-likeness (QED) is 0.0537. The van der Waals surface area contributed by atoms with E-state index < -0.39 is 126 Å². The molecule has 1 N–H and O–H groups in total. The molecule has 548 valence electrons. The normalized spacial score (nSPS) is 15.1. The molecule has 0 aromatic carbocycles. The van der Waals surface area contributed by atoms with Crippen molar-refractivity contribution in [3.63, 3.8) is 0 Å². The first-order valence-corrected chi connectivity index (χ1v) is 28.6. The second kappa shape index (κ2) is 32.3. The Labute approximate surface area is 569 Å². The van der Waals surface area contributed by atoms with E-state index in [0.29, 0.717) is 17.0 Å². The maximum absolute atomic E-state index is 14.4. The van der Waals surface area contributed by atoms with Crippen LogP contribution < -0.4 is 19.7 Å². The minimum absolute atomic E-state index is 0. The Hall–Kier alpha value is -7.99. The van der Waals surface area contributed by atoms with Gasteiger partial charge >= 0.3 is 42.5 Å². The van der Waals surface area contributed by atoms with Crippen molar-refractivity contribution in [3.05, 3.63) is 113 Å². The molecule has 100 heavy (non-hydrogen) atoms. The fourth-order valence-electron chi connectivity index (χ4n) is 7.51. The zero-order valence-electron chi connectivity index (χ0n) is 49.6. The Morgan fingerprint density at radius 1 is 0.510 bits per heavy atom. The molecule has 44 heteroatoms. The highest BCUT2D eigenvalue weighted by Gasteiger charge is 2.52. The van der Waals surface area contributed by atoms with Gasteiger partial charge in [-0.25, -0.2) is 28.1 Å². The Bertz CT molecular complexity index is 4180. The largest absolute Gasteiger partial charge is 0.496 e. The van der Waals surface area contributed by atoms with Crippen LogP contribution in [0.25, 0.3) is 39.5 Å². The van der Waals surface area contributed by atoms with E-state index >= 15 is 0 Å². The predicted octanol–water partition coefficient (Wildman–Crippen LogP) is 14.1. The molecule has 2 aliphatic carbocycles. The summed E-state index contributed by atoms with van der Waals surface area (Å²) in [5.74, 6) is -7.54. The number of fused-ring (bicyclic) bond motifs is 3. The standard InChI is InChI=1S/C17H13F6N5O2.C13H16BF4NO3.C13H6ClF6N5O.C6H2Cl2F2N4.C4H8O.3CH4/c18-11-5-10(6-24-14(11)29-8-16(19,20)21)12-3-4-13-25-26-15(28(13)27-12)17(22,23)30-7-9-1-2-9;1-11(2)12(3,4)22-14(21-11)8-5-9(15)10(19-6-8)20-7-13(16,17)18;14-13(19,20)11-23-22-9-2-1-8(24-25(9)11)6-3-7(15)10(21-4-6)26-5-12(16,17)18;7-3-1-2-4-11-12-5(6(8,9)10)14(4)13-3;5-3-4-1-2-4;;;/h3-6,9H,1-2,7-8H2;5-6H,7H2,1-4H3;1-4H,5H2;1-2H;4-5H,1-3H2;3*1H4. The lowest BCUT2D eigenvalue weighted by molar-refractivity contribution is -0.257. The molecule has 10 heterocycles. The molecule has 3 aliphatic rings. The summed E-state index contributed by atoms with van der Waals surface area (Å²) in [5, 5.41) is 32.6. The molecule has 9 aromatic heterocycles. The van der Waals surface area contributed by atoms with E-state index in [1.54, 1.807) is 0 Å². The highest BCUT2D eigenvalue weighted by atomic mass is 35.5. The summed E-state index contributed by atoms with van der Waals surface area (Å²) in [6.07, 6.45) is -10.3. The Morgan fingerprint density at radius 3 is 1.22 bits per heavy atom. The third-order valence-corrected chi connectivity index (χ3v) is 13.9. The first kappa shape index (κ1) is 82.7. The van der Waals surface area contributed by atoms with Crippen LogP contribution in [0.5, 0.6) is 17.6 Å². The lowest BCUT2D eigenvalue weighted by atomic mass is 9.80. The van der Waals surface area contributed by atoms with Crippen LogP contribution >= 0.6 is 34.8 Å². The fraction of sp³-hybridized carbons (Fsp3) is 0.464. The van der Waals surface area contributed by atoms with E-state index in [2.05, 4.69) is 79.8 Å². The van der Waals surface area contributed by atoms with Crippen LogP contribution in [0.3, 0.4) is 0 Å². The molecule has 22 nitrogen and oxygen atoms in total. The van der Waals surface area contributed by atoms with Crippen molar-refractivity contribution in [3.8, 4) is 40.2 Å². The van der Waals surface area contributed by atoms with E-state index in [4.69, 9.17) is 49.2 Å². The summed E-state index contributed by atoms with van der Waals surface area (Å²) in [6, 6.07) is 10.7. The highest BCUT2D eigenvalue weighted by Crippen LogP contribution is 2.39. The lowest BCUT2D eigenvalue weighted by Gasteiger charge is -2.32. The van der Waals surface area contributed by atoms with Crippen molar-refractivity contribution in [1.29, 1.82) is 0 Å². The van der Waals surface area contributed by atoms with Crippen molar-refractivity contribution in [2.24, 2.45) is 11.8 Å². The maximum atomic E-state index is 14.4. The van der Waals surface area contributed by atoms with Crippen molar-refractivity contribution in [2.45, 2.75) is 122 Å². The first-order valence-electron chi connectivity index (χ1n) is 27.5. The number of halogens is 21. The van der Waals surface area contributed by atoms with Crippen molar-refractivity contribution in [2.75, 3.05) is 33.0 Å². The van der Waals surface area contributed by atoms with Crippen molar-refractivity contribution >= 4 is 64.3 Å². The van der Waals surface area contributed by atoms with E-state index in [9.17, 15) is 79.0 Å². The molecule has 3 fully saturated rings. The number of nitrogens with zero attached hydrogens (tertiary/aromatic N) is 15. The van der Waals surface area contributed by atoms with Gasteiger partial charge in [0.25, 0.3) is 23.5 Å². The molecule has 0 spiro atoms. The summed E-state index contributed by atoms with van der Waals surface area (Å²) < 4.78 is 263. The summed E-state index contributed by atoms with van der Waals surface area (Å²) >= 11 is 15.2. The Balaban J connectivity index is 0.000000238. The van der Waals surface area contributed by atoms with Gasteiger partial charge in [-0.15, -0.1) is 30.6 Å². The van der Waals surface area contributed by atoms with Crippen LogP contribution in [0.1, 0.15) is 93.1 Å². The topological polar surface area (TPSA) is 244 Å². The number of alkyl halides is 17. The van der Waals surface area contributed by atoms with E-state index in [-0.39, 0.29) is 84.9 Å². The van der Waals surface area contributed by atoms with Gasteiger partial charge < -0.3 is 33.4 Å². The average Bonchev–Trinajstić information content (AvgIpc) is 1.65. The molecule has 0 amide bonds. The molecule has 2 saturated carbocycles. The Kier molecular flexibility index (Phi) is 26.7. The van der Waals surface area contributed by atoms with Crippen LogP contribution in [-0.4, -0.2) is 149 Å². The number of hydrogen-bond donors (Lipinski definition) is 1. The number of hydrogen-bond acceptors (Lipinski definition) is 19. The number of rotatable bonds is 16. The second-order valence-electron chi connectivity index (χ2n) is 21.7. The minimum Gasteiger partial charge on any atom is -0.466 e. The van der Waals surface area contributed by atoms with Gasteiger partial charge in [0.1, 0.15) is 5.15 Å². The molecule has 1 aliphatic heterocycles. The zero-order valence-corrected chi connectivity index (χ0v) is 51.8. The molecule has 1 saturated heterocycles. The molecule has 0 radical (unpaired) electrons. The van der Waals surface area contributed by atoms with Gasteiger partial charge in [-0.1, -0.05) is 33.9 Å². The maximum Gasteiger partial charge on any atom is 0.496 e. The molecule has 9 aromatic rings. The summed E-state index contributed by atoms with van der Waals surface area (Å²) in [6.45, 7) is 2.59. The SMILES string of the molecule is C.C.C.CC1(C)OB(c2cnc(OCC(F)(F)F)c(F)c2)OC1(C)C.FC(F)(Cl)c1nnc2ccc(Cl)nn12.Fc1cc(-c2ccc3nnc(C(F)(F)Cl)n3n2)cnc1OCC(F)(F)F.Fc1cc(-c2ccc3nnc(C(F)(F)OCC4CC4)n3n2)cnc1OCC(F)(F)F.OCC1CC1. The first-order chi connectivity index (χ1) is 45.0. The molecular weight excluding hydrogens is 1450 g/mol. The van der Waals surface area contributed by atoms with Gasteiger partial charge in [0.15, 0.2) is 54.2 Å². The van der Waals surface area contributed by atoms with E-state index in [1.807, 2.05) is 27.7 Å². The van der Waals surface area contributed by atoms with Crippen molar-refractivity contribution < 1.29 is 112 Å². The van der Waals surface area contributed by atoms with Crippen LogP contribution in [0.15, 0.2) is 73.2 Å². The minimum atomic E-state index is -4.66. The average molecular weight is 1510 g/mol. The zero-order chi connectivity index (χ0) is 71.4. The number of aliphatic hydroxyl groups is 1. The van der Waals surface area contributed by atoms with E-state index in [0.717, 1.165) is 52.5 Å². The number of aliphatic hydroxyl groups excluding tert-OH is 1. The van der Waals surface area contributed by atoms with Gasteiger partial charge in [-0.3, -0.25) is 0 Å². The van der Waals surface area contributed by atoms with Crippen LogP contribution in [-0.2, 0) is 30.9 Å². The summed E-state index contributed by atoms with van der Waals surface area (Å²) in [5.41, 5.74) is -0.815. The number of ether oxygens (including phenoxy) is 4. The van der Waals surface area contributed by atoms with Crippen molar-refractivity contribution in [1.82, 2.24) is 74.4 Å². The molecule has 0 bridgehead atoms. The van der Waals surface area contributed by atoms with Gasteiger partial charge in [0, 0.05) is 41.8 Å². The van der Waals surface area contributed by atoms with Gasteiger partial charge in [-0.05, 0) is 143 Å². The molecule has 0 atom stereocenters. The van der Waals surface area contributed by atoms with E-state index in [1.165, 1.54) is 55.4 Å². The summed E-state index contributed by atoms with van der Waals surface area (Å²) in [7, 11) is -0.844. The fourth-order valence-corrected chi connectivity index (χ4v) is 7.88. The molecular formula is C56H57BCl3F18N15O7. The van der Waals surface area contributed by atoms with Gasteiger partial charge in [0.05, 0.1) is 29.2 Å². The second-order valence-corrected chi connectivity index (χ2v) is 23.1. The Morgan fingerprint density at radius 2 is 0.870 bits per heavy atom. The van der Waals surface area contributed by atoms with Crippen LogP contribution in [0.2, 0.25) is 5.15 Å². The number of pyridine rings is 3. The lowest BCUT2D eigenvalue weighted by Crippen LogP contribution is -2.41. The van der Waals surface area contributed by atoms with Crippen LogP contribution in [0.4, 0.5) is 79.0 Å². The molecule has 12 rings (SSSR count). The van der Waals surface area contributed by atoms with Gasteiger partial charge in [0.2, 0.25) is 11.6 Å². The predicted molar refractivity (Wildman–Crippen MR) is 320 cm³/mol. The van der Waals surface area contributed by atoms with Crippen LogP contribution in [0, 0.1) is 29.3 Å². The summed E-state index contributed by atoms with van der Waals surface area (Å²) in [4.78, 5) is 10.5.